The Morgan fingerprint density at radius 3 is 2.03 bits per heavy atom. The van der Waals surface area contributed by atoms with Gasteiger partial charge in [-0.05, 0) is 30.5 Å². The Labute approximate surface area is 196 Å². The Morgan fingerprint density at radius 1 is 0.879 bits per heavy atom. The van der Waals surface area contributed by atoms with E-state index in [4.69, 9.17) is 5.73 Å². The first-order valence-electron chi connectivity index (χ1n) is 11.6. The molecule has 3 aromatic carbocycles. The molecule has 1 amide bonds. The third kappa shape index (κ3) is 8.44. The Kier molecular flexibility index (Phi) is 9.60. The number of carbonyl (C=O) groups excluding carboxylic acids is 1. The zero-order valence-corrected chi connectivity index (χ0v) is 19.4. The van der Waals surface area contributed by atoms with Crippen molar-refractivity contribution in [1.82, 2.24) is 9.80 Å². The van der Waals surface area contributed by atoms with Gasteiger partial charge in [-0.2, -0.15) is 0 Å². The molecule has 0 aliphatic carbocycles. The van der Waals surface area contributed by atoms with Crippen molar-refractivity contribution in [3.8, 4) is 0 Å². The molecule has 3 aromatic rings. The van der Waals surface area contributed by atoms with Crippen LogP contribution >= 0.6 is 0 Å². The molecular formula is C28H34FN3O. The highest BCUT2D eigenvalue weighted by Crippen LogP contribution is 2.13. The molecule has 1 aliphatic heterocycles. The molecule has 0 radical (unpaired) electrons. The van der Waals surface area contributed by atoms with Gasteiger partial charge in [0.25, 0.3) is 0 Å². The van der Waals surface area contributed by atoms with Crippen LogP contribution in [0.15, 0.2) is 84.9 Å². The summed E-state index contributed by atoms with van der Waals surface area (Å²) in [4.78, 5) is 16.7. The minimum absolute atomic E-state index is 0.0631. The zero-order chi connectivity index (χ0) is 23.5. The van der Waals surface area contributed by atoms with Gasteiger partial charge < -0.3 is 10.6 Å². The third-order valence-corrected chi connectivity index (χ3v) is 5.79. The van der Waals surface area contributed by atoms with Gasteiger partial charge in [0.05, 0.1) is 0 Å². The van der Waals surface area contributed by atoms with Gasteiger partial charge in [-0.3, -0.25) is 9.69 Å². The fourth-order valence-electron chi connectivity index (χ4n) is 3.90. The first-order chi connectivity index (χ1) is 16.0. The summed E-state index contributed by atoms with van der Waals surface area (Å²) < 4.78 is 13.7. The number of carbonyl (C=O) groups is 1. The van der Waals surface area contributed by atoms with E-state index in [9.17, 15) is 9.18 Å². The van der Waals surface area contributed by atoms with Crippen LogP contribution in [0.1, 0.15) is 23.1 Å². The molecule has 0 spiro atoms. The van der Waals surface area contributed by atoms with Crippen molar-refractivity contribution in [2.24, 2.45) is 5.73 Å². The second-order valence-corrected chi connectivity index (χ2v) is 8.56. The summed E-state index contributed by atoms with van der Waals surface area (Å²) in [6, 6.07) is 26.9. The van der Waals surface area contributed by atoms with E-state index in [0.717, 1.165) is 32.7 Å². The van der Waals surface area contributed by atoms with E-state index in [1.54, 1.807) is 18.2 Å². The maximum Gasteiger partial charge on any atom is 0.224 e. The number of hydrogen-bond acceptors (Lipinski definition) is 3. The lowest BCUT2D eigenvalue weighted by Crippen LogP contribution is -2.49. The summed E-state index contributed by atoms with van der Waals surface area (Å²) in [6.45, 7) is 6.16. The van der Waals surface area contributed by atoms with Crippen molar-refractivity contribution in [1.29, 1.82) is 0 Å². The van der Waals surface area contributed by atoms with Crippen LogP contribution in [0, 0.1) is 12.7 Å². The molecule has 0 saturated carbocycles. The molecular weight excluding hydrogens is 413 g/mol. The highest BCUT2D eigenvalue weighted by molar-refractivity contribution is 5.77. The molecule has 1 heterocycles. The summed E-state index contributed by atoms with van der Waals surface area (Å²) >= 11 is 0. The first-order valence-corrected chi connectivity index (χ1v) is 11.6. The van der Waals surface area contributed by atoms with Crippen LogP contribution in [0.5, 0.6) is 0 Å². The largest absolute Gasteiger partial charge is 0.340 e. The van der Waals surface area contributed by atoms with Crippen molar-refractivity contribution in [2.75, 3.05) is 26.2 Å². The SMILES string of the molecule is Cc1ccccc1.NC(CC(=O)N1CCN(Cc2ccccc2)CC1)Cc1ccccc1F. The van der Waals surface area contributed by atoms with Crippen molar-refractivity contribution < 1.29 is 9.18 Å². The molecule has 1 atom stereocenters. The lowest BCUT2D eigenvalue weighted by molar-refractivity contribution is -0.133. The van der Waals surface area contributed by atoms with Gasteiger partial charge in [-0.25, -0.2) is 4.39 Å². The summed E-state index contributed by atoms with van der Waals surface area (Å²) in [5, 5.41) is 0. The summed E-state index contributed by atoms with van der Waals surface area (Å²) in [5.74, 6) is -0.196. The number of nitrogens with zero attached hydrogens (tertiary/aromatic N) is 2. The number of aryl methyl sites for hydroxylation is 1. The molecule has 33 heavy (non-hydrogen) atoms. The number of rotatable bonds is 6. The monoisotopic (exact) mass is 447 g/mol. The lowest BCUT2D eigenvalue weighted by Gasteiger charge is -2.35. The Bertz CT molecular complexity index is 973. The summed E-state index contributed by atoms with van der Waals surface area (Å²) in [6.07, 6.45) is 0.638. The highest BCUT2D eigenvalue weighted by Gasteiger charge is 2.23. The predicted molar refractivity (Wildman–Crippen MR) is 132 cm³/mol. The molecule has 1 aliphatic rings. The normalized spacial score (nSPS) is 14.8. The fraction of sp³-hybridized carbons (Fsp3) is 0.321. The topological polar surface area (TPSA) is 49.6 Å². The summed E-state index contributed by atoms with van der Waals surface area (Å²) in [5.41, 5.74) is 9.27. The molecule has 0 aromatic heterocycles. The molecule has 1 saturated heterocycles. The Morgan fingerprint density at radius 2 is 1.45 bits per heavy atom. The Balaban J connectivity index is 0.000000374. The van der Waals surface area contributed by atoms with Crippen molar-refractivity contribution in [3.05, 3.63) is 107 Å². The van der Waals surface area contributed by atoms with Gasteiger partial charge in [0.1, 0.15) is 5.82 Å². The highest BCUT2D eigenvalue weighted by atomic mass is 19.1. The minimum atomic E-state index is -0.359. The standard InChI is InChI=1S/C21H26FN3O.C7H8/c22-20-9-5-4-8-18(20)14-19(23)15-21(26)25-12-10-24(11-13-25)16-17-6-2-1-3-7-17;1-7-5-3-2-4-6-7/h1-9,19H,10-16,23H2;2-6H,1H3. The van der Waals surface area contributed by atoms with Gasteiger partial charge in [-0.1, -0.05) is 84.4 Å². The van der Waals surface area contributed by atoms with E-state index in [-0.39, 0.29) is 24.2 Å². The van der Waals surface area contributed by atoms with Gasteiger partial charge in [0.2, 0.25) is 5.91 Å². The number of nitrogens with two attached hydrogens (primary N) is 1. The van der Waals surface area contributed by atoms with Gasteiger partial charge in [0, 0.05) is 45.2 Å². The van der Waals surface area contributed by atoms with Gasteiger partial charge in [0.15, 0.2) is 0 Å². The average Bonchev–Trinajstić information content (AvgIpc) is 2.82. The van der Waals surface area contributed by atoms with Crippen molar-refractivity contribution >= 4 is 5.91 Å². The zero-order valence-electron chi connectivity index (χ0n) is 19.4. The van der Waals surface area contributed by atoms with E-state index < -0.39 is 0 Å². The molecule has 1 unspecified atom stereocenters. The van der Waals surface area contributed by atoms with Crippen LogP contribution in [0.25, 0.3) is 0 Å². The van der Waals surface area contributed by atoms with E-state index in [1.807, 2.05) is 41.3 Å². The van der Waals surface area contributed by atoms with Crippen LogP contribution in [-0.2, 0) is 17.8 Å². The number of halogens is 1. The molecule has 0 bridgehead atoms. The van der Waals surface area contributed by atoms with E-state index in [2.05, 4.69) is 36.1 Å². The van der Waals surface area contributed by atoms with Crippen LogP contribution < -0.4 is 5.73 Å². The number of piperazine rings is 1. The molecule has 5 heteroatoms. The van der Waals surface area contributed by atoms with Crippen molar-refractivity contribution in [3.63, 3.8) is 0 Å². The lowest BCUT2D eigenvalue weighted by atomic mass is 10.0. The maximum absolute atomic E-state index is 13.7. The minimum Gasteiger partial charge on any atom is -0.340 e. The molecule has 1 fully saturated rings. The van der Waals surface area contributed by atoms with E-state index >= 15 is 0 Å². The van der Waals surface area contributed by atoms with Crippen LogP contribution in [-0.4, -0.2) is 47.9 Å². The smallest absolute Gasteiger partial charge is 0.224 e. The third-order valence-electron chi connectivity index (χ3n) is 5.79. The van der Waals surface area contributed by atoms with E-state index in [1.165, 1.54) is 17.2 Å². The first kappa shape index (κ1) is 24.6. The number of hydrogen-bond donors (Lipinski definition) is 1. The van der Waals surface area contributed by atoms with Crippen LogP contribution in [0.4, 0.5) is 4.39 Å². The molecule has 2 N–H and O–H groups in total. The summed E-state index contributed by atoms with van der Waals surface area (Å²) in [7, 11) is 0. The van der Waals surface area contributed by atoms with Crippen molar-refractivity contribution in [2.45, 2.75) is 32.4 Å². The maximum atomic E-state index is 13.7. The van der Waals surface area contributed by atoms with Gasteiger partial charge >= 0.3 is 0 Å². The predicted octanol–water partition coefficient (Wildman–Crippen LogP) is 4.43. The fourth-order valence-corrected chi connectivity index (χ4v) is 3.90. The Hall–Kier alpha value is -3.02. The quantitative estimate of drug-likeness (QED) is 0.608. The molecule has 174 valence electrons. The second kappa shape index (κ2) is 12.9. The second-order valence-electron chi connectivity index (χ2n) is 8.56. The molecule has 4 nitrogen and oxygen atoms in total. The average molecular weight is 448 g/mol. The van der Waals surface area contributed by atoms with E-state index in [0.29, 0.717) is 12.0 Å². The van der Waals surface area contributed by atoms with Crippen LogP contribution in [0.2, 0.25) is 0 Å². The number of benzene rings is 3. The number of amides is 1. The van der Waals surface area contributed by atoms with Crippen LogP contribution in [0.3, 0.4) is 0 Å². The van der Waals surface area contributed by atoms with Gasteiger partial charge in [-0.15, -0.1) is 0 Å². The molecule has 4 rings (SSSR count).